The predicted molar refractivity (Wildman–Crippen MR) is 92.6 cm³/mol. The first-order valence-corrected chi connectivity index (χ1v) is 8.69. The lowest BCUT2D eigenvalue weighted by atomic mass is 10.2. The van der Waals surface area contributed by atoms with Crippen molar-refractivity contribution in [2.24, 2.45) is 0 Å². The Balaban J connectivity index is 2.03. The minimum atomic E-state index is -1.28. The van der Waals surface area contributed by atoms with Crippen LogP contribution in [0.25, 0.3) is 0 Å². The molecule has 0 aliphatic rings. The fourth-order valence-electron chi connectivity index (χ4n) is 2.03. The highest BCUT2D eigenvalue weighted by atomic mass is 35.5. The summed E-state index contributed by atoms with van der Waals surface area (Å²) in [5.41, 5.74) is 1.70. The first-order chi connectivity index (χ1) is 10.5. The molecule has 0 bridgehead atoms. The van der Waals surface area contributed by atoms with Crippen LogP contribution < -0.4 is 4.90 Å². The summed E-state index contributed by atoms with van der Waals surface area (Å²) in [5.74, 6) is 0.186. The highest BCUT2D eigenvalue weighted by molar-refractivity contribution is 7.85. The van der Waals surface area contributed by atoms with Gasteiger partial charge in [-0.1, -0.05) is 41.9 Å². The van der Waals surface area contributed by atoms with Crippen molar-refractivity contribution in [1.82, 2.24) is 0 Å². The van der Waals surface area contributed by atoms with E-state index in [0.29, 0.717) is 10.8 Å². The number of rotatable bonds is 5. The maximum Gasteiger partial charge on any atom is 0.242 e. The van der Waals surface area contributed by atoms with Gasteiger partial charge in [0.1, 0.15) is 5.25 Å². The molecule has 0 aromatic heterocycles. The molecule has 0 N–H and O–H groups in total. The Kier molecular flexibility index (Phi) is 5.75. The normalized spacial score (nSPS) is 13.4. The van der Waals surface area contributed by atoms with Crippen molar-refractivity contribution < 1.29 is 9.00 Å². The van der Waals surface area contributed by atoms with Gasteiger partial charge in [0.15, 0.2) is 0 Å². The fourth-order valence-corrected chi connectivity index (χ4v) is 3.31. The summed E-state index contributed by atoms with van der Waals surface area (Å²) >= 11 is 5.83. The van der Waals surface area contributed by atoms with E-state index in [9.17, 15) is 9.00 Å². The molecule has 3 nitrogen and oxygen atoms in total. The average Bonchev–Trinajstić information content (AvgIpc) is 2.55. The average molecular weight is 336 g/mol. The Morgan fingerprint density at radius 3 is 2.32 bits per heavy atom. The number of benzene rings is 2. The summed E-state index contributed by atoms with van der Waals surface area (Å²) in [6.07, 6.45) is 0. The second-order valence-corrected chi connectivity index (χ2v) is 7.22. The van der Waals surface area contributed by atoms with Crippen LogP contribution in [0.15, 0.2) is 54.6 Å². The van der Waals surface area contributed by atoms with E-state index >= 15 is 0 Å². The van der Waals surface area contributed by atoms with E-state index in [1.54, 1.807) is 31.0 Å². The van der Waals surface area contributed by atoms with Crippen LogP contribution in [0.1, 0.15) is 12.5 Å². The number of carbonyl (C=O) groups excluding carboxylic acids is 1. The molecule has 1 amide bonds. The molecular formula is C17H18ClNO2S. The molecule has 0 fully saturated rings. The van der Waals surface area contributed by atoms with Crippen LogP contribution in [0.4, 0.5) is 5.69 Å². The van der Waals surface area contributed by atoms with E-state index in [0.717, 1.165) is 11.3 Å². The molecule has 0 saturated carbocycles. The molecule has 0 heterocycles. The lowest BCUT2D eigenvalue weighted by Crippen LogP contribution is -2.37. The number of carbonyl (C=O) groups is 1. The molecule has 22 heavy (non-hydrogen) atoms. The van der Waals surface area contributed by atoms with Crippen LogP contribution in [0.2, 0.25) is 5.02 Å². The van der Waals surface area contributed by atoms with Crippen molar-refractivity contribution in [1.29, 1.82) is 0 Å². The first kappa shape index (κ1) is 16.7. The minimum absolute atomic E-state index is 0.154. The van der Waals surface area contributed by atoms with Crippen LogP contribution in [0.5, 0.6) is 0 Å². The van der Waals surface area contributed by atoms with Crippen molar-refractivity contribution in [3.8, 4) is 0 Å². The van der Waals surface area contributed by atoms with Crippen molar-refractivity contribution in [2.45, 2.75) is 17.9 Å². The van der Waals surface area contributed by atoms with Gasteiger partial charge in [-0.15, -0.1) is 0 Å². The third-order valence-corrected chi connectivity index (χ3v) is 5.30. The van der Waals surface area contributed by atoms with Crippen molar-refractivity contribution >= 4 is 34.0 Å². The molecule has 2 aromatic rings. The van der Waals surface area contributed by atoms with Gasteiger partial charge in [-0.2, -0.15) is 0 Å². The third-order valence-electron chi connectivity index (χ3n) is 3.44. The second kappa shape index (κ2) is 7.56. The van der Waals surface area contributed by atoms with E-state index < -0.39 is 16.0 Å². The minimum Gasteiger partial charge on any atom is -0.314 e. The fraction of sp³-hybridized carbons (Fsp3) is 0.235. The van der Waals surface area contributed by atoms with Gasteiger partial charge in [0.05, 0.1) is 0 Å². The monoisotopic (exact) mass is 335 g/mol. The largest absolute Gasteiger partial charge is 0.314 e. The van der Waals surface area contributed by atoms with E-state index in [-0.39, 0.29) is 5.91 Å². The van der Waals surface area contributed by atoms with Gasteiger partial charge >= 0.3 is 0 Å². The van der Waals surface area contributed by atoms with Gasteiger partial charge in [-0.05, 0) is 36.8 Å². The zero-order valence-corrected chi connectivity index (χ0v) is 14.1. The molecule has 0 unspecified atom stereocenters. The number of hydrogen-bond donors (Lipinski definition) is 0. The molecule has 0 saturated heterocycles. The van der Waals surface area contributed by atoms with E-state index in [1.807, 2.05) is 42.5 Å². The predicted octanol–water partition coefficient (Wildman–Crippen LogP) is 3.64. The number of hydrogen-bond acceptors (Lipinski definition) is 2. The molecule has 0 spiro atoms. The molecule has 0 radical (unpaired) electrons. The van der Waals surface area contributed by atoms with E-state index in [1.165, 1.54) is 0 Å². The molecule has 2 atom stereocenters. The summed E-state index contributed by atoms with van der Waals surface area (Å²) in [5, 5.41) is 0.0725. The van der Waals surface area contributed by atoms with E-state index in [4.69, 9.17) is 11.6 Å². The number of amides is 1. The Morgan fingerprint density at radius 1 is 1.14 bits per heavy atom. The summed E-state index contributed by atoms with van der Waals surface area (Å²) in [7, 11) is 0.421. The number of para-hydroxylation sites is 1. The summed E-state index contributed by atoms with van der Waals surface area (Å²) in [4.78, 5) is 14.0. The van der Waals surface area contributed by atoms with Gasteiger partial charge < -0.3 is 4.90 Å². The van der Waals surface area contributed by atoms with Gasteiger partial charge in [0.25, 0.3) is 0 Å². The summed E-state index contributed by atoms with van der Waals surface area (Å²) in [6, 6.07) is 16.5. The molecule has 116 valence electrons. The number of halogens is 1. The SMILES string of the molecule is C[C@@H](C(=O)N(C)c1ccccc1)[S@@](=O)Cc1ccc(Cl)cc1. The third kappa shape index (κ3) is 4.18. The van der Waals surface area contributed by atoms with Crippen LogP contribution in [0, 0.1) is 0 Å². The molecule has 2 aromatic carbocycles. The maximum atomic E-state index is 12.4. The Labute approximate surface area is 138 Å². The van der Waals surface area contributed by atoms with Gasteiger partial charge in [0.2, 0.25) is 5.91 Å². The zero-order chi connectivity index (χ0) is 16.1. The van der Waals surface area contributed by atoms with Crippen LogP contribution in [-0.4, -0.2) is 22.4 Å². The highest BCUT2D eigenvalue weighted by Crippen LogP contribution is 2.16. The molecular weight excluding hydrogens is 318 g/mol. The topological polar surface area (TPSA) is 37.4 Å². The molecule has 0 aliphatic carbocycles. The van der Waals surface area contributed by atoms with Crippen molar-refractivity contribution in [2.75, 3.05) is 11.9 Å². The zero-order valence-electron chi connectivity index (χ0n) is 12.5. The van der Waals surface area contributed by atoms with Gasteiger partial charge in [0, 0.05) is 34.3 Å². The van der Waals surface area contributed by atoms with Gasteiger partial charge in [-0.3, -0.25) is 9.00 Å². The van der Waals surface area contributed by atoms with E-state index in [2.05, 4.69) is 0 Å². The standard InChI is InChI=1S/C17H18ClNO2S/c1-13(17(20)19(2)16-6-4-3-5-7-16)22(21)12-14-8-10-15(18)11-9-14/h3-11,13H,12H2,1-2H3/t13-,22-/m0/s1. The quantitative estimate of drug-likeness (QED) is 0.836. The van der Waals surface area contributed by atoms with Gasteiger partial charge in [-0.25, -0.2) is 0 Å². The summed E-state index contributed by atoms with van der Waals surface area (Å²) < 4.78 is 12.4. The van der Waals surface area contributed by atoms with Crippen LogP contribution in [0.3, 0.4) is 0 Å². The smallest absolute Gasteiger partial charge is 0.242 e. The molecule has 5 heteroatoms. The number of anilines is 1. The highest BCUT2D eigenvalue weighted by Gasteiger charge is 2.24. The van der Waals surface area contributed by atoms with Crippen molar-refractivity contribution in [3.05, 3.63) is 65.2 Å². The lowest BCUT2D eigenvalue weighted by Gasteiger charge is -2.21. The van der Waals surface area contributed by atoms with Crippen molar-refractivity contribution in [3.63, 3.8) is 0 Å². The Hall–Kier alpha value is -1.65. The lowest BCUT2D eigenvalue weighted by molar-refractivity contribution is -0.117. The van der Waals surface area contributed by atoms with Crippen LogP contribution >= 0.6 is 11.6 Å². The van der Waals surface area contributed by atoms with Crippen LogP contribution in [-0.2, 0) is 21.3 Å². The Morgan fingerprint density at radius 2 is 1.73 bits per heavy atom. The number of nitrogens with zero attached hydrogens (tertiary/aromatic N) is 1. The second-order valence-electron chi connectivity index (χ2n) is 5.03. The maximum absolute atomic E-state index is 12.4. The Bertz CT molecular complexity index is 658. The first-order valence-electron chi connectivity index (χ1n) is 6.93. The molecule has 0 aliphatic heterocycles. The molecule has 2 rings (SSSR count). The summed E-state index contributed by atoms with van der Waals surface area (Å²) in [6.45, 7) is 1.70.